The van der Waals surface area contributed by atoms with Gasteiger partial charge in [-0.15, -0.1) is 0 Å². The maximum atomic E-state index is 11.5. The molecule has 2 rings (SSSR count). The van der Waals surface area contributed by atoms with Gasteiger partial charge in [0.25, 0.3) is 0 Å². The Labute approximate surface area is 94.3 Å². The molecule has 0 bridgehead atoms. The molecule has 4 heteroatoms. The van der Waals surface area contributed by atoms with Gasteiger partial charge in [-0.05, 0) is 37.5 Å². The fraction of sp³-hybridized carbons (Fsp3) is 0.500. The molecular formula is C12H15NO3. The van der Waals surface area contributed by atoms with E-state index in [0.717, 1.165) is 11.3 Å². The van der Waals surface area contributed by atoms with Crippen LogP contribution in [0.3, 0.4) is 0 Å². The van der Waals surface area contributed by atoms with Crippen molar-refractivity contribution in [3.8, 4) is 0 Å². The van der Waals surface area contributed by atoms with E-state index >= 15 is 0 Å². The summed E-state index contributed by atoms with van der Waals surface area (Å²) in [7, 11) is 0. The fourth-order valence-electron chi connectivity index (χ4n) is 2.19. The predicted molar refractivity (Wildman–Crippen MR) is 58.3 cm³/mol. The lowest BCUT2D eigenvalue weighted by atomic mass is 9.74. The molecule has 86 valence electrons. The number of rotatable bonds is 2. The molecule has 1 aromatic heterocycles. The summed E-state index contributed by atoms with van der Waals surface area (Å²) in [5.74, 6) is -0.763. The molecule has 0 radical (unpaired) electrons. The molecular weight excluding hydrogens is 206 g/mol. The third kappa shape index (κ3) is 1.80. The molecule has 0 unspecified atom stereocenters. The van der Waals surface area contributed by atoms with Crippen molar-refractivity contribution in [3.63, 3.8) is 0 Å². The first-order chi connectivity index (χ1) is 7.65. The summed E-state index contributed by atoms with van der Waals surface area (Å²) < 4.78 is 5.25. The van der Waals surface area contributed by atoms with Gasteiger partial charge in [-0.1, -0.05) is 0 Å². The fourth-order valence-corrected chi connectivity index (χ4v) is 2.19. The lowest BCUT2D eigenvalue weighted by Crippen LogP contribution is -2.41. The van der Waals surface area contributed by atoms with E-state index in [1.54, 1.807) is 12.3 Å². The Morgan fingerprint density at radius 1 is 1.50 bits per heavy atom. The standard InChI is InChI=1S/C12H15NO3/c1-9-8-10(2-5-13-9)12(11(14)15)3-6-16-7-4-12/h2,5,8H,3-4,6-7H2,1H3,(H,14,15). The van der Waals surface area contributed by atoms with Crippen LogP contribution in [0.2, 0.25) is 0 Å². The second-order valence-electron chi connectivity index (χ2n) is 4.19. The molecule has 0 aromatic carbocycles. The number of aryl methyl sites for hydroxylation is 1. The van der Waals surface area contributed by atoms with E-state index in [1.807, 2.05) is 13.0 Å². The van der Waals surface area contributed by atoms with Gasteiger partial charge >= 0.3 is 5.97 Å². The Kier molecular flexibility index (Phi) is 2.92. The summed E-state index contributed by atoms with van der Waals surface area (Å²) in [4.78, 5) is 15.6. The van der Waals surface area contributed by atoms with Crippen LogP contribution in [0.5, 0.6) is 0 Å². The molecule has 0 saturated carbocycles. The summed E-state index contributed by atoms with van der Waals surface area (Å²) >= 11 is 0. The predicted octanol–water partition coefficient (Wildman–Crippen LogP) is 1.52. The Balaban J connectivity index is 2.42. The minimum atomic E-state index is -0.786. The number of nitrogens with zero attached hydrogens (tertiary/aromatic N) is 1. The first-order valence-corrected chi connectivity index (χ1v) is 5.39. The molecule has 1 N–H and O–H groups in total. The van der Waals surface area contributed by atoms with Crippen LogP contribution in [0.4, 0.5) is 0 Å². The lowest BCUT2D eigenvalue weighted by Gasteiger charge is -2.33. The zero-order chi connectivity index (χ0) is 11.6. The monoisotopic (exact) mass is 221 g/mol. The molecule has 0 spiro atoms. The summed E-state index contributed by atoms with van der Waals surface area (Å²) in [6, 6.07) is 3.66. The highest BCUT2D eigenvalue weighted by Crippen LogP contribution is 2.35. The highest BCUT2D eigenvalue weighted by Gasteiger charge is 2.41. The van der Waals surface area contributed by atoms with Crippen molar-refractivity contribution < 1.29 is 14.6 Å². The number of ether oxygens (including phenoxy) is 1. The van der Waals surface area contributed by atoms with Crippen molar-refractivity contribution in [2.75, 3.05) is 13.2 Å². The molecule has 1 aromatic rings. The highest BCUT2D eigenvalue weighted by molar-refractivity contribution is 5.81. The van der Waals surface area contributed by atoms with Gasteiger partial charge in [0.15, 0.2) is 0 Å². The van der Waals surface area contributed by atoms with Crippen LogP contribution in [-0.2, 0) is 14.9 Å². The van der Waals surface area contributed by atoms with Crippen LogP contribution in [0, 0.1) is 6.92 Å². The second kappa shape index (κ2) is 4.22. The minimum Gasteiger partial charge on any atom is -0.481 e. The maximum Gasteiger partial charge on any atom is 0.314 e. The first kappa shape index (κ1) is 11.1. The quantitative estimate of drug-likeness (QED) is 0.822. The minimum absolute atomic E-state index is 0.508. The summed E-state index contributed by atoms with van der Waals surface area (Å²) in [5.41, 5.74) is 0.909. The number of carboxylic acid groups (broad SMARTS) is 1. The normalized spacial score (nSPS) is 19.3. The average molecular weight is 221 g/mol. The zero-order valence-corrected chi connectivity index (χ0v) is 9.27. The topological polar surface area (TPSA) is 59.4 Å². The van der Waals surface area contributed by atoms with Crippen LogP contribution >= 0.6 is 0 Å². The average Bonchev–Trinajstić information content (AvgIpc) is 2.30. The van der Waals surface area contributed by atoms with Crippen LogP contribution < -0.4 is 0 Å². The van der Waals surface area contributed by atoms with Crippen LogP contribution in [0.25, 0.3) is 0 Å². The number of aromatic nitrogens is 1. The van der Waals surface area contributed by atoms with E-state index < -0.39 is 11.4 Å². The van der Waals surface area contributed by atoms with Gasteiger partial charge in [-0.25, -0.2) is 0 Å². The molecule has 1 saturated heterocycles. The van der Waals surface area contributed by atoms with Crippen molar-refractivity contribution >= 4 is 5.97 Å². The molecule has 0 amide bonds. The SMILES string of the molecule is Cc1cc(C2(C(=O)O)CCOCC2)ccn1. The third-order valence-corrected chi connectivity index (χ3v) is 3.20. The number of pyridine rings is 1. The van der Waals surface area contributed by atoms with Gasteiger partial charge in [-0.2, -0.15) is 0 Å². The Morgan fingerprint density at radius 3 is 2.75 bits per heavy atom. The molecule has 2 heterocycles. The van der Waals surface area contributed by atoms with Gasteiger partial charge < -0.3 is 9.84 Å². The van der Waals surface area contributed by atoms with Crippen molar-refractivity contribution in [2.24, 2.45) is 0 Å². The van der Waals surface area contributed by atoms with Gasteiger partial charge in [0.1, 0.15) is 0 Å². The molecule has 1 aliphatic heterocycles. The number of carbonyl (C=O) groups is 1. The van der Waals surface area contributed by atoms with Crippen molar-refractivity contribution in [3.05, 3.63) is 29.6 Å². The summed E-state index contributed by atoms with van der Waals surface area (Å²) in [5, 5.41) is 9.46. The van der Waals surface area contributed by atoms with Crippen molar-refractivity contribution in [1.29, 1.82) is 0 Å². The number of aliphatic carboxylic acids is 1. The molecule has 1 aliphatic rings. The van der Waals surface area contributed by atoms with Crippen molar-refractivity contribution in [2.45, 2.75) is 25.2 Å². The van der Waals surface area contributed by atoms with E-state index in [9.17, 15) is 9.90 Å². The number of carboxylic acids is 1. The van der Waals surface area contributed by atoms with E-state index in [2.05, 4.69) is 4.98 Å². The van der Waals surface area contributed by atoms with Crippen molar-refractivity contribution in [1.82, 2.24) is 4.98 Å². The van der Waals surface area contributed by atoms with E-state index in [0.29, 0.717) is 26.1 Å². The van der Waals surface area contributed by atoms with Crippen LogP contribution in [0.15, 0.2) is 18.3 Å². The number of hydrogen-bond acceptors (Lipinski definition) is 3. The van der Waals surface area contributed by atoms with Gasteiger partial charge in [0.05, 0.1) is 5.41 Å². The van der Waals surface area contributed by atoms with E-state index in [4.69, 9.17) is 4.74 Å². The van der Waals surface area contributed by atoms with Crippen LogP contribution in [0.1, 0.15) is 24.1 Å². The Bertz CT molecular complexity index is 397. The maximum absolute atomic E-state index is 11.5. The smallest absolute Gasteiger partial charge is 0.314 e. The van der Waals surface area contributed by atoms with E-state index in [1.165, 1.54) is 0 Å². The molecule has 16 heavy (non-hydrogen) atoms. The molecule has 4 nitrogen and oxygen atoms in total. The lowest BCUT2D eigenvalue weighted by molar-refractivity contribution is -0.147. The highest BCUT2D eigenvalue weighted by atomic mass is 16.5. The second-order valence-corrected chi connectivity index (χ2v) is 4.19. The molecule has 0 aliphatic carbocycles. The summed E-state index contributed by atoms with van der Waals surface area (Å²) in [6.45, 7) is 2.89. The Hall–Kier alpha value is -1.42. The third-order valence-electron chi connectivity index (χ3n) is 3.20. The molecule has 0 atom stereocenters. The Morgan fingerprint density at radius 2 is 2.19 bits per heavy atom. The number of hydrogen-bond donors (Lipinski definition) is 1. The van der Waals surface area contributed by atoms with Crippen LogP contribution in [-0.4, -0.2) is 29.3 Å². The largest absolute Gasteiger partial charge is 0.481 e. The zero-order valence-electron chi connectivity index (χ0n) is 9.27. The van der Waals surface area contributed by atoms with Gasteiger partial charge in [0.2, 0.25) is 0 Å². The van der Waals surface area contributed by atoms with Gasteiger partial charge in [0, 0.05) is 25.1 Å². The molecule has 1 fully saturated rings. The van der Waals surface area contributed by atoms with E-state index in [-0.39, 0.29) is 0 Å². The summed E-state index contributed by atoms with van der Waals surface area (Å²) in [6.07, 6.45) is 2.74. The first-order valence-electron chi connectivity index (χ1n) is 5.39. The van der Waals surface area contributed by atoms with Gasteiger partial charge in [-0.3, -0.25) is 9.78 Å².